The first kappa shape index (κ1) is 15.5. The third-order valence-corrected chi connectivity index (χ3v) is 4.57. The molecule has 1 aromatic rings. The van der Waals surface area contributed by atoms with Crippen LogP contribution in [-0.4, -0.2) is 37.2 Å². The van der Waals surface area contributed by atoms with Crippen LogP contribution in [0.4, 0.5) is 0 Å². The average Bonchev–Trinajstić information content (AvgIpc) is 2.47. The van der Waals surface area contributed by atoms with Crippen molar-refractivity contribution in [1.29, 1.82) is 0 Å². The molecule has 2 rings (SSSR count). The number of hydrogen-bond acceptors (Lipinski definition) is 3. The highest BCUT2D eigenvalue weighted by Crippen LogP contribution is 2.26. The number of rotatable bonds is 5. The van der Waals surface area contributed by atoms with Crippen LogP contribution in [0.15, 0.2) is 30.3 Å². The maximum absolute atomic E-state index is 6.40. The van der Waals surface area contributed by atoms with E-state index in [0.717, 1.165) is 26.1 Å². The van der Waals surface area contributed by atoms with E-state index in [1.54, 1.807) is 0 Å². The number of benzene rings is 1. The van der Waals surface area contributed by atoms with Gasteiger partial charge in [0.15, 0.2) is 0 Å². The zero-order valence-corrected chi connectivity index (χ0v) is 13.0. The zero-order chi connectivity index (χ0) is 14.6. The van der Waals surface area contributed by atoms with Crippen LogP contribution in [0.1, 0.15) is 38.3 Å². The Morgan fingerprint density at radius 3 is 2.70 bits per heavy atom. The lowest BCUT2D eigenvalue weighted by Gasteiger charge is -2.41. The van der Waals surface area contributed by atoms with Crippen LogP contribution in [0.5, 0.6) is 0 Å². The SMILES string of the molecule is COC1(C)CCCN(CC(C)C(N)c2ccccc2)C1. The van der Waals surface area contributed by atoms with Gasteiger partial charge in [0, 0.05) is 26.2 Å². The van der Waals surface area contributed by atoms with Crippen molar-refractivity contribution in [3.63, 3.8) is 0 Å². The van der Waals surface area contributed by atoms with E-state index in [2.05, 4.69) is 43.0 Å². The highest BCUT2D eigenvalue weighted by atomic mass is 16.5. The van der Waals surface area contributed by atoms with Crippen LogP contribution in [0.2, 0.25) is 0 Å². The molecule has 0 saturated carbocycles. The normalized spacial score (nSPS) is 27.2. The summed E-state index contributed by atoms with van der Waals surface area (Å²) in [6.07, 6.45) is 2.36. The molecule has 1 aromatic carbocycles. The molecule has 0 aliphatic carbocycles. The maximum atomic E-state index is 6.40. The molecule has 3 heteroatoms. The van der Waals surface area contributed by atoms with Crippen LogP contribution in [0.25, 0.3) is 0 Å². The molecule has 112 valence electrons. The van der Waals surface area contributed by atoms with Gasteiger partial charge >= 0.3 is 0 Å². The van der Waals surface area contributed by atoms with Gasteiger partial charge in [0.05, 0.1) is 5.60 Å². The predicted octanol–water partition coefficient (Wildman–Crippen LogP) is 2.82. The van der Waals surface area contributed by atoms with Crippen LogP contribution in [0, 0.1) is 5.92 Å². The summed E-state index contributed by atoms with van der Waals surface area (Å²) in [6, 6.07) is 10.5. The Balaban J connectivity index is 1.92. The fourth-order valence-corrected chi connectivity index (χ4v) is 3.15. The second kappa shape index (κ2) is 6.70. The van der Waals surface area contributed by atoms with E-state index in [4.69, 9.17) is 10.5 Å². The summed E-state index contributed by atoms with van der Waals surface area (Å²) in [4.78, 5) is 2.50. The average molecular weight is 276 g/mol. The highest BCUT2D eigenvalue weighted by molar-refractivity contribution is 5.19. The Morgan fingerprint density at radius 1 is 1.35 bits per heavy atom. The third-order valence-electron chi connectivity index (χ3n) is 4.57. The molecule has 1 fully saturated rings. The molecule has 0 amide bonds. The minimum Gasteiger partial charge on any atom is -0.377 e. The minimum atomic E-state index is 0.00874. The number of ether oxygens (including phenoxy) is 1. The van der Waals surface area contributed by atoms with Gasteiger partial charge in [-0.05, 0) is 37.8 Å². The monoisotopic (exact) mass is 276 g/mol. The second-order valence-corrected chi connectivity index (χ2v) is 6.41. The molecule has 0 aromatic heterocycles. The van der Waals surface area contributed by atoms with E-state index in [1.807, 2.05) is 13.2 Å². The molecular weight excluding hydrogens is 248 g/mol. The van der Waals surface area contributed by atoms with Crippen molar-refractivity contribution in [3.8, 4) is 0 Å². The van der Waals surface area contributed by atoms with Gasteiger partial charge in [0.1, 0.15) is 0 Å². The Hall–Kier alpha value is -0.900. The number of methoxy groups -OCH3 is 1. The van der Waals surface area contributed by atoms with Crippen molar-refractivity contribution in [2.24, 2.45) is 11.7 Å². The van der Waals surface area contributed by atoms with Crippen molar-refractivity contribution >= 4 is 0 Å². The predicted molar refractivity (Wildman–Crippen MR) is 83.6 cm³/mol. The van der Waals surface area contributed by atoms with E-state index >= 15 is 0 Å². The van der Waals surface area contributed by atoms with E-state index in [9.17, 15) is 0 Å². The van der Waals surface area contributed by atoms with Gasteiger partial charge < -0.3 is 15.4 Å². The Kier molecular flexibility index (Phi) is 5.19. The Bertz CT molecular complexity index is 409. The van der Waals surface area contributed by atoms with Crippen LogP contribution in [0.3, 0.4) is 0 Å². The highest BCUT2D eigenvalue weighted by Gasteiger charge is 2.31. The smallest absolute Gasteiger partial charge is 0.0777 e. The van der Waals surface area contributed by atoms with Gasteiger partial charge in [0.25, 0.3) is 0 Å². The van der Waals surface area contributed by atoms with Gasteiger partial charge in [-0.2, -0.15) is 0 Å². The van der Waals surface area contributed by atoms with Crippen molar-refractivity contribution in [2.75, 3.05) is 26.7 Å². The van der Waals surface area contributed by atoms with Gasteiger partial charge in [-0.1, -0.05) is 37.3 Å². The van der Waals surface area contributed by atoms with E-state index in [-0.39, 0.29) is 11.6 Å². The lowest BCUT2D eigenvalue weighted by Crippen LogP contribution is -2.49. The molecule has 0 radical (unpaired) electrons. The van der Waals surface area contributed by atoms with Crippen LogP contribution >= 0.6 is 0 Å². The van der Waals surface area contributed by atoms with E-state index < -0.39 is 0 Å². The summed E-state index contributed by atoms with van der Waals surface area (Å²) in [7, 11) is 1.82. The first-order valence-electron chi connectivity index (χ1n) is 7.62. The van der Waals surface area contributed by atoms with Crippen LogP contribution in [-0.2, 0) is 4.74 Å². The second-order valence-electron chi connectivity index (χ2n) is 6.41. The number of piperidine rings is 1. The minimum absolute atomic E-state index is 0.00874. The van der Waals surface area contributed by atoms with Gasteiger partial charge in [-0.15, -0.1) is 0 Å². The van der Waals surface area contributed by atoms with Crippen molar-refractivity contribution < 1.29 is 4.74 Å². The molecule has 20 heavy (non-hydrogen) atoms. The molecule has 3 atom stereocenters. The molecule has 3 nitrogen and oxygen atoms in total. The number of hydrogen-bond donors (Lipinski definition) is 1. The van der Waals surface area contributed by atoms with Crippen molar-refractivity contribution in [3.05, 3.63) is 35.9 Å². The first-order valence-corrected chi connectivity index (χ1v) is 7.62. The molecule has 0 spiro atoms. The molecule has 3 unspecified atom stereocenters. The molecule has 1 heterocycles. The van der Waals surface area contributed by atoms with Crippen molar-refractivity contribution in [1.82, 2.24) is 4.90 Å². The number of nitrogens with zero attached hydrogens (tertiary/aromatic N) is 1. The van der Waals surface area contributed by atoms with Gasteiger partial charge in [-0.25, -0.2) is 0 Å². The van der Waals surface area contributed by atoms with E-state index in [1.165, 1.54) is 12.0 Å². The summed E-state index contributed by atoms with van der Waals surface area (Å²) in [6.45, 7) is 7.66. The molecule has 1 aliphatic rings. The number of nitrogens with two attached hydrogens (primary N) is 1. The standard InChI is InChI=1S/C17H28N2O/c1-14(16(18)15-8-5-4-6-9-15)12-19-11-7-10-17(2,13-19)20-3/h4-6,8-9,14,16H,7,10-13,18H2,1-3H3. The summed E-state index contributed by atoms with van der Waals surface area (Å²) >= 11 is 0. The summed E-state index contributed by atoms with van der Waals surface area (Å²) in [5.41, 5.74) is 7.63. The Morgan fingerprint density at radius 2 is 2.05 bits per heavy atom. The van der Waals surface area contributed by atoms with E-state index in [0.29, 0.717) is 5.92 Å². The largest absolute Gasteiger partial charge is 0.377 e. The first-order chi connectivity index (χ1) is 9.54. The maximum Gasteiger partial charge on any atom is 0.0777 e. The molecule has 1 saturated heterocycles. The number of likely N-dealkylation sites (tertiary alicyclic amines) is 1. The summed E-state index contributed by atoms with van der Waals surface area (Å²) in [5, 5.41) is 0. The fraction of sp³-hybridized carbons (Fsp3) is 0.647. The van der Waals surface area contributed by atoms with Gasteiger partial charge in [0.2, 0.25) is 0 Å². The summed E-state index contributed by atoms with van der Waals surface area (Å²) < 4.78 is 5.66. The van der Waals surface area contributed by atoms with Gasteiger partial charge in [-0.3, -0.25) is 0 Å². The molecule has 0 bridgehead atoms. The molecule has 1 aliphatic heterocycles. The fourth-order valence-electron chi connectivity index (χ4n) is 3.15. The Labute approximate surface area is 123 Å². The van der Waals surface area contributed by atoms with Crippen molar-refractivity contribution in [2.45, 2.75) is 38.3 Å². The third kappa shape index (κ3) is 3.81. The lowest BCUT2D eigenvalue weighted by atomic mass is 9.91. The topological polar surface area (TPSA) is 38.5 Å². The quantitative estimate of drug-likeness (QED) is 0.898. The van der Waals surface area contributed by atoms with Crippen LogP contribution < -0.4 is 5.73 Å². The molecule has 2 N–H and O–H groups in total. The lowest BCUT2D eigenvalue weighted by molar-refractivity contribution is -0.0538. The summed E-state index contributed by atoms with van der Waals surface area (Å²) in [5.74, 6) is 0.441. The molecular formula is C17H28N2O. The zero-order valence-electron chi connectivity index (χ0n) is 13.0.